The lowest BCUT2D eigenvalue weighted by molar-refractivity contribution is 0.332. The molecule has 158 valence electrons. The molecule has 0 fully saturated rings. The van der Waals surface area contributed by atoms with Gasteiger partial charge in [0.2, 0.25) is 5.88 Å². The molecule has 1 heterocycles. The maximum Gasteiger partial charge on any atom is 0.328 e. The second-order valence-electron chi connectivity index (χ2n) is 9.64. The average Bonchev–Trinajstić information content (AvgIpc) is 3.02. The van der Waals surface area contributed by atoms with Gasteiger partial charge in [-0.05, 0) is 58.1 Å². The zero-order valence-corrected chi connectivity index (χ0v) is 18.4. The minimum Gasteiger partial charge on any atom is -0.496 e. The molecule has 2 N–H and O–H groups in total. The van der Waals surface area contributed by atoms with E-state index in [1.54, 1.807) is 7.11 Å². The largest absolute Gasteiger partial charge is 0.496 e. The number of ether oxygens (including phenoxy) is 1. The first-order chi connectivity index (χ1) is 14.1. The summed E-state index contributed by atoms with van der Waals surface area (Å²) in [4.78, 5) is 14.3. The van der Waals surface area contributed by atoms with Crippen LogP contribution in [0, 0.1) is 0 Å². The topological polar surface area (TPSA) is 67.2 Å². The number of imidazole rings is 1. The predicted octanol–water partition coefficient (Wildman–Crippen LogP) is 4.95. The van der Waals surface area contributed by atoms with Gasteiger partial charge < -0.3 is 9.84 Å². The van der Waals surface area contributed by atoms with Crippen molar-refractivity contribution in [2.45, 2.75) is 57.9 Å². The van der Waals surface area contributed by atoms with Gasteiger partial charge in [-0.15, -0.1) is 0 Å². The summed E-state index contributed by atoms with van der Waals surface area (Å²) in [6.45, 7) is 9.67. The number of fused-ring (bicyclic) bond motifs is 1. The minimum atomic E-state index is -0.331. The third-order valence-electron chi connectivity index (χ3n) is 6.55. The molecule has 0 amide bonds. The second kappa shape index (κ2) is 7.08. The molecule has 2 aromatic carbocycles. The number of methoxy groups -OCH3 is 1. The van der Waals surface area contributed by atoms with Gasteiger partial charge in [-0.1, -0.05) is 52.0 Å². The van der Waals surface area contributed by atoms with Crippen LogP contribution in [0.2, 0.25) is 0 Å². The zero-order valence-electron chi connectivity index (χ0n) is 18.4. The minimum absolute atomic E-state index is 0.127. The highest BCUT2D eigenvalue weighted by molar-refractivity contribution is 5.73. The Morgan fingerprint density at radius 1 is 1.03 bits per heavy atom. The molecular weight excluding hydrogens is 376 g/mol. The molecule has 0 atom stereocenters. The standard InChI is InChI=1S/C25H30N2O3/c1-24(2)10-11-25(3,4)20-13-17(7-8-19(20)24)18-12-16(6-9-21(18)30-5)14-27-15-22(28)26-23(27)29/h6-9,12-13,15,28H,10-11,14H2,1-5H3,(H,26,29). The van der Waals surface area contributed by atoms with Gasteiger partial charge in [0.1, 0.15) is 5.75 Å². The summed E-state index contributed by atoms with van der Waals surface area (Å²) in [6, 6.07) is 12.7. The normalized spacial score (nSPS) is 16.8. The highest BCUT2D eigenvalue weighted by atomic mass is 16.5. The van der Waals surface area contributed by atoms with Crippen molar-refractivity contribution in [3.63, 3.8) is 0 Å². The van der Waals surface area contributed by atoms with Crippen molar-refractivity contribution in [2.75, 3.05) is 7.11 Å². The number of aromatic amines is 1. The number of H-pyrrole nitrogens is 1. The third-order valence-corrected chi connectivity index (χ3v) is 6.55. The van der Waals surface area contributed by atoms with Gasteiger partial charge in [0, 0.05) is 5.56 Å². The molecule has 0 spiro atoms. The van der Waals surface area contributed by atoms with Gasteiger partial charge in [0.15, 0.2) is 0 Å². The van der Waals surface area contributed by atoms with Gasteiger partial charge in [-0.25, -0.2) is 4.79 Å². The van der Waals surface area contributed by atoms with Gasteiger partial charge in [0.25, 0.3) is 0 Å². The number of aromatic hydroxyl groups is 1. The summed E-state index contributed by atoms with van der Waals surface area (Å²) < 4.78 is 7.11. The smallest absolute Gasteiger partial charge is 0.328 e. The van der Waals surface area contributed by atoms with E-state index in [9.17, 15) is 9.90 Å². The van der Waals surface area contributed by atoms with E-state index in [1.165, 1.54) is 28.3 Å². The molecule has 4 rings (SSSR count). The monoisotopic (exact) mass is 406 g/mol. The van der Waals surface area contributed by atoms with E-state index < -0.39 is 0 Å². The van der Waals surface area contributed by atoms with E-state index in [0.29, 0.717) is 6.54 Å². The van der Waals surface area contributed by atoms with Crippen molar-refractivity contribution >= 4 is 0 Å². The molecule has 1 aliphatic carbocycles. The Morgan fingerprint density at radius 2 is 1.73 bits per heavy atom. The van der Waals surface area contributed by atoms with Gasteiger partial charge >= 0.3 is 5.69 Å². The van der Waals surface area contributed by atoms with Crippen molar-refractivity contribution in [2.24, 2.45) is 0 Å². The summed E-state index contributed by atoms with van der Waals surface area (Å²) >= 11 is 0. The summed E-state index contributed by atoms with van der Waals surface area (Å²) in [5, 5.41) is 9.53. The van der Waals surface area contributed by atoms with Crippen LogP contribution in [0.15, 0.2) is 47.4 Å². The average molecular weight is 407 g/mol. The Hall–Kier alpha value is -2.95. The lowest BCUT2D eigenvalue weighted by Gasteiger charge is -2.42. The molecular formula is C25H30N2O3. The van der Waals surface area contributed by atoms with Crippen LogP contribution >= 0.6 is 0 Å². The lowest BCUT2D eigenvalue weighted by atomic mass is 9.63. The molecule has 0 bridgehead atoms. The quantitative estimate of drug-likeness (QED) is 0.644. The number of nitrogens with zero attached hydrogens (tertiary/aromatic N) is 1. The van der Waals surface area contributed by atoms with Crippen LogP contribution in [-0.4, -0.2) is 21.8 Å². The van der Waals surface area contributed by atoms with Crippen LogP contribution in [0.3, 0.4) is 0 Å². The third kappa shape index (κ3) is 3.53. The second-order valence-corrected chi connectivity index (χ2v) is 9.64. The number of hydrogen-bond donors (Lipinski definition) is 2. The molecule has 5 heteroatoms. The highest BCUT2D eigenvalue weighted by Gasteiger charge is 2.37. The summed E-state index contributed by atoms with van der Waals surface area (Å²) in [5.74, 6) is 0.670. The fourth-order valence-electron chi connectivity index (χ4n) is 4.57. The van der Waals surface area contributed by atoms with E-state index in [-0.39, 0.29) is 22.4 Å². The first kappa shape index (κ1) is 20.3. The first-order valence-electron chi connectivity index (χ1n) is 10.4. The zero-order chi connectivity index (χ0) is 21.7. The number of rotatable bonds is 4. The molecule has 1 aromatic heterocycles. The number of nitrogens with one attached hydrogen (secondary N) is 1. The van der Waals surface area contributed by atoms with E-state index in [2.05, 4.69) is 56.9 Å². The Bertz CT molecular complexity index is 1150. The number of benzene rings is 2. The fourth-order valence-corrected chi connectivity index (χ4v) is 4.57. The van der Waals surface area contributed by atoms with Crippen LogP contribution < -0.4 is 10.4 Å². The van der Waals surface area contributed by atoms with E-state index in [4.69, 9.17) is 4.74 Å². The van der Waals surface area contributed by atoms with Crippen molar-refractivity contribution < 1.29 is 9.84 Å². The summed E-state index contributed by atoms with van der Waals surface area (Å²) in [5.41, 5.74) is 5.87. The first-order valence-corrected chi connectivity index (χ1v) is 10.4. The Balaban J connectivity index is 1.80. The predicted molar refractivity (Wildman–Crippen MR) is 120 cm³/mol. The molecule has 0 saturated heterocycles. The SMILES string of the molecule is COc1ccc(Cn2cc(O)[nH]c2=O)cc1-c1ccc2c(c1)C(C)(C)CCC2(C)C. The van der Waals surface area contributed by atoms with Crippen molar-refractivity contribution in [3.8, 4) is 22.8 Å². The van der Waals surface area contributed by atoms with Crippen molar-refractivity contribution in [1.82, 2.24) is 9.55 Å². The van der Waals surface area contributed by atoms with Gasteiger partial charge in [-0.3, -0.25) is 9.55 Å². The van der Waals surface area contributed by atoms with E-state index in [0.717, 1.165) is 28.9 Å². The molecule has 0 aliphatic heterocycles. The number of aromatic nitrogens is 2. The van der Waals surface area contributed by atoms with Gasteiger partial charge in [0.05, 0.1) is 19.9 Å². The lowest BCUT2D eigenvalue weighted by Crippen LogP contribution is -2.33. The van der Waals surface area contributed by atoms with Crippen molar-refractivity contribution in [1.29, 1.82) is 0 Å². The van der Waals surface area contributed by atoms with E-state index in [1.807, 2.05) is 12.1 Å². The van der Waals surface area contributed by atoms with Crippen LogP contribution in [0.4, 0.5) is 0 Å². The van der Waals surface area contributed by atoms with Crippen LogP contribution in [-0.2, 0) is 17.4 Å². The molecule has 1 aliphatic rings. The molecule has 0 saturated carbocycles. The fraction of sp³-hybridized carbons (Fsp3) is 0.400. The molecule has 30 heavy (non-hydrogen) atoms. The molecule has 5 nitrogen and oxygen atoms in total. The van der Waals surface area contributed by atoms with Crippen molar-refractivity contribution in [3.05, 3.63) is 69.8 Å². The molecule has 3 aromatic rings. The highest BCUT2D eigenvalue weighted by Crippen LogP contribution is 2.47. The van der Waals surface area contributed by atoms with Crippen LogP contribution in [0.25, 0.3) is 11.1 Å². The number of hydrogen-bond acceptors (Lipinski definition) is 3. The Kier molecular flexibility index (Phi) is 4.80. The maximum atomic E-state index is 11.9. The Labute approximate surface area is 177 Å². The maximum absolute atomic E-state index is 11.9. The Morgan fingerprint density at radius 3 is 2.37 bits per heavy atom. The van der Waals surface area contributed by atoms with E-state index >= 15 is 0 Å². The molecule has 0 unspecified atom stereocenters. The summed E-state index contributed by atoms with van der Waals surface area (Å²) in [7, 11) is 1.68. The van der Waals surface area contributed by atoms with Crippen LogP contribution in [0.5, 0.6) is 11.6 Å². The van der Waals surface area contributed by atoms with Gasteiger partial charge in [-0.2, -0.15) is 0 Å². The molecule has 0 radical (unpaired) electrons. The van der Waals surface area contributed by atoms with Crippen LogP contribution in [0.1, 0.15) is 57.2 Å². The summed E-state index contributed by atoms with van der Waals surface area (Å²) in [6.07, 6.45) is 3.76.